The Balaban J connectivity index is 1.90. The number of rotatable bonds is 7. The van der Waals surface area contributed by atoms with Crippen LogP contribution in [0.5, 0.6) is 11.5 Å². The first-order chi connectivity index (χ1) is 12.8. The van der Waals surface area contributed by atoms with Gasteiger partial charge in [0.05, 0.1) is 23.2 Å². The monoisotopic (exact) mass is 498 g/mol. The summed E-state index contributed by atoms with van der Waals surface area (Å²) in [7, 11) is 3.12. The zero-order valence-corrected chi connectivity index (χ0v) is 18.3. The van der Waals surface area contributed by atoms with Crippen molar-refractivity contribution in [2.24, 2.45) is 0 Å². The molecule has 0 saturated heterocycles. The molecule has 0 aliphatic heterocycles. The van der Waals surface area contributed by atoms with Gasteiger partial charge in [-0.2, -0.15) is 0 Å². The van der Waals surface area contributed by atoms with E-state index in [1.807, 2.05) is 6.92 Å². The lowest BCUT2D eigenvalue weighted by Gasteiger charge is -2.15. The van der Waals surface area contributed by atoms with Crippen molar-refractivity contribution in [1.82, 2.24) is 10.6 Å². The average Bonchev–Trinajstić information content (AvgIpc) is 2.65. The number of amides is 2. The van der Waals surface area contributed by atoms with Crippen molar-refractivity contribution < 1.29 is 19.1 Å². The van der Waals surface area contributed by atoms with Crippen molar-refractivity contribution in [2.45, 2.75) is 13.0 Å². The fourth-order valence-corrected chi connectivity index (χ4v) is 3.40. The number of benzene rings is 2. The Bertz CT molecular complexity index is 842. The first-order valence-electron chi connectivity index (χ1n) is 8.11. The summed E-state index contributed by atoms with van der Waals surface area (Å²) in [6.45, 7) is 2.12. The number of carbonyl (C=O) groups is 2. The fourth-order valence-electron chi connectivity index (χ4n) is 2.32. The number of nitrogens with one attached hydrogen (secondary N) is 2. The van der Waals surface area contributed by atoms with E-state index in [1.54, 1.807) is 50.6 Å². The molecule has 0 radical (unpaired) electrons. The molecule has 0 bridgehead atoms. The van der Waals surface area contributed by atoms with E-state index in [2.05, 4.69) is 42.5 Å². The van der Waals surface area contributed by atoms with Gasteiger partial charge in [-0.05, 0) is 75.2 Å². The molecule has 0 aromatic heterocycles. The number of hydrogen-bond acceptors (Lipinski definition) is 4. The van der Waals surface area contributed by atoms with Crippen molar-refractivity contribution >= 4 is 43.7 Å². The third-order valence-corrected chi connectivity index (χ3v) is 5.01. The van der Waals surface area contributed by atoms with Crippen molar-refractivity contribution in [3.05, 3.63) is 56.5 Å². The topological polar surface area (TPSA) is 76.7 Å². The second-order valence-electron chi connectivity index (χ2n) is 5.78. The molecule has 2 N–H and O–H groups in total. The molecule has 27 heavy (non-hydrogen) atoms. The summed E-state index contributed by atoms with van der Waals surface area (Å²) in [5, 5.41) is 5.66. The Morgan fingerprint density at radius 3 is 1.85 bits per heavy atom. The second-order valence-corrected chi connectivity index (χ2v) is 7.49. The van der Waals surface area contributed by atoms with Crippen LogP contribution in [0.3, 0.4) is 0 Å². The maximum atomic E-state index is 12.3. The molecule has 0 aliphatic carbocycles. The Kier molecular flexibility index (Phi) is 7.67. The van der Waals surface area contributed by atoms with Gasteiger partial charge in [0, 0.05) is 23.7 Å². The lowest BCUT2D eigenvalue weighted by atomic mass is 10.2. The Morgan fingerprint density at radius 1 is 0.926 bits per heavy atom. The molecule has 2 aromatic carbocycles. The number of carbonyl (C=O) groups excluding carboxylic acids is 2. The van der Waals surface area contributed by atoms with Crippen LogP contribution in [-0.2, 0) is 0 Å². The molecule has 8 heteroatoms. The predicted molar refractivity (Wildman–Crippen MR) is 111 cm³/mol. The van der Waals surface area contributed by atoms with Crippen LogP contribution in [0.2, 0.25) is 0 Å². The van der Waals surface area contributed by atoms with E-state index < -0.39 is 0 Å². The molecule has 6 nitrogen and oxygen atoms in total. The lowest BCUT2D eigenvalue weighted by molar-refractivity contribution is 0.0912. The van der Waals surface area contributed by atoms with Crippen LogP contribution in [-0.4, -0.2) is 38.6 Å². The summed E-state index contributed by atoms with van der Waals surface area (Å²) < 4.78 is 11.7. The van der Waals surface area contributed by atoms with Gasteiger partial charge >= 0.3 is 0 Å². The van der Waals surface area contributed by atoms with Gasteiger partial charge in [0.25, 0.3) is 11.8 Å². The summed E-state index contributed by atoms with van der Waals surface area (Å²) in [4.78, 5) is 24.6. The minimum atomic E-state index is -0.246. The first kappa shape index (κ1) is 21.2. The molecule has 2 rings (SSSR count). The van der Waals surface area contributed by atoms with Gasteiger partial charge in [0.1, 0.15) is 11.5 Å². The van der Waals surface area contributed by atoms with Crippen LogP contribution in [0.15, 0.2) is 45.3 Å². The van der Waals surface area contributed by atoms with Crippen molar-refractivity contribution in [1.29, 1.82) is 0 Å². The number of ether oxygens (including phenoxy) is 2. The van der Waals surface area contributed by atoms with Gasteiger partial charge < -0.3 is 20.1 Å². The van der Waals surface area contributed by atoms with E-state index in [-0.39, 0.29) is 17.9 Å². The number of methoxy groups -OCH3 is 2. The quantitative estimate of drug-likeness (QED) is 0.607. The molecule has 144 valence electrons. The van der Waals surface area contributed by atoms with Crippen LogP contribution >= 0.6 is 31.9 Å². The molecular formula is C19H20Br2N2O4. The second kappa shape index (κ2) is 9.75. The van der Waals surface area contributed by atoms with Crippen LogP contribution in [0.1, 0.15) is 27.6 Å². The normalized spacial score (nSPS) is 11.4. The maximum absolute atomic E-state index is 12.3. The van der Waals surface area contributed by atoms with E-state index in [4.69, 9.17) is 9.47 Å². The summed E-state index contributed by atoms with van der Waals surface area (Å²) in [6.07, 6.45) is 0. The van der Waals surface area contributed by atoms with Gasteiger partial charge in [0.2, 0.25) is 0 Å². The average molecular weight is 500 g/mol. The highest BCUT2D eigenvalue weighted by molar-refractivity contribution is 9.10. The van der Waals surface area contributed by atoms with Crippen LogP contribution in [0.25, 0.3) is 0 Å². The standard InChI is InChI=1S/C19H20Br2N2O4/c1-11(23-19(25)13-5-7-17(27-3)15(21)9-13)10-22-18(24)12-4-6-16(26-2)14(20)8-12/h4-9,11H,10H2,1-3H3,(H,22,24)(H,23,25)/t11-/m0/s1. The largest absolute Gasteiger partial charge is 0.496 e. The first-order valence-corrected chi connectivity index (χ1v) is 9.70. The Morgan fingerprint density at radius 2 is 1.41 bits per heavy atom. The molecular weight excluding hydrogens is 480 g/mol. The fraction of sp³-hybridized carbons (Fsp3) is 0.263. The minimum Gasteiger partial charge on any atom is -0.496 e. The van der Waals surface area contributed by atoms with Gasteiger partial charge in [-0.25, -0.2) is 0 Å². The number of halogens is 2. The zero-order chi connectivity index (χ0) is 20.0. The van der Waals surface area contributed by atoms with E-state index in [0.717, 1.165) is 0 Å². The zero-order valence-electron chi connectivity index (χ0n) is 15.1. The maximum Gasteiger partial charge on any atom is 0.251 e. The highest BCUT2D eigenvalue weighted by Gasteiger charge is 2.14. The minimum absolute atomic E-state index is 0.229. The third kappa shape index (κ3) is 5.71. The van der Waals surface area contributed by atoms with E-state index in [0.29, 0.717) is 38.1 Å². The Hall–Kier alpha value is -2.06. The lowest BCUT2D eigenvalue weighted by Crippen LogP contribution is -2.41. The molecule has 0 saturated carbocycles. The highest BCUT2D eigenvalue weighted by Crippen LogP contribution is 2.26. The third-order valence-electron chi connectivity index (χ3n) is 3.77. The molecule has 2 aromatic rings. The van der Waals surface area contributed by atoms with Gasteiger partial charge in [-0.15, -0.1) is 0 Å². The highest BCUT2D eigenvalue weighted by atomic mass is 79.9. The van der Waals surface area contributed by atoms with Crippen LogP contribution in [0, 0.1) is 0 Å². The molecule has 1 atom stereocenters. The summed E-state index contributed by atoms with van der Waals surface area (Å²) in [5.41, 5.74) is 1.00. The summed E-state index contributed by atoms with van der Waals surface area (Å²) >= 11 is 6.71. The Labute approximate surface area is 174 Å². The smallest absolute Gasteiger partial charge is 0.251 e. The molecule has 0 heterocycles. The van der Waals surface area contributed by atoms with Crippen LogP contribution in [0.4, 0.5) is 0 Å². The molecule has 0 spiro atoms. The van der Waals surface area contributed by atoms with Crippen molar-refractivity contribution in [3.63, 3.8) is 0 Å². The number of hydrogen-bond donors (Lipinski definition) is 2. The molecule has 0 unspecified atom stereocenters. The van der Waals surface area contributed by atoms with Crippen molar-refractivity contribution in [3.8, 4) is 11.5 Å². The van der Waals surface area contributed by atoms with E-state index >= 15 is 0 Å². The van der Waals surface area contributed by atoms with E-state index in [9.17, 15) is 9.59 Å². The van der Waals surface area contributed by atoms with Crippen molar-refractivity contribution in [2.75, 3.05) is 20.8 Å². The summed E-state index contributed by atoms with van der Waals surface area (Å²) in [6, 6.07) is 9.92. The van der Waals surface area contributed by atoms with Gasteiger partial charge in [0.15, 0.2) is 0 Å². The van der Waals surface area contributed by atoms with Crippen LogP contribution < -0.4 is 20.1 Å². The molecule has 0 fully saturated rings. The van der Waals surface area contributed by atoms with Gasteiger partial charge in [-0.1, -0.05) is 0 Å². The SMILES string of the molecule is COc1ccc(C(=O)NC[C@H](C)NC(=O)c2ccc(OC)c(Br)c2)cc1Br. The van der Waals surface area contributed by atoms with E-state index in [1.165, 1.54) is 0 Å². The molecule has 0 aliphatic rings. The van der Waals surface area contributed by atoms with Gasteiger partial charge in [-0.3, -0.25) is 9.59 Å². The summed E-state index contributed by atoms with van der Waals surface area (Å²) in [5.74, 6) is 0.842. The predicted octanol–water partition coefficient (Wildman–Crippen LogP) is 3.78. The molecule has 2 amide bonds.